The molecule has 0 aliphatic rings. The molecule has 0 spiro atoms. The van der Waals surface area contributed by atoms with E-state index >= 15 is 0 Å². The van der Waals surface area contributed by atoms with Gasteiger partial charge in [-0.2, -0.15) is 5.10 Å². The number of aromatic nitrogens is 2. The number of fused-ring (bicyclic) bond motifs is 1. The number of carbonyl (C=O) groups excluding carboxylic acids is 2. The average molecular weight is 340 g/mol. The van der Waals surface area contributed by atoms with E-state index in [1.807, 2.05) is 0 Å². The summed E-state index contributed by atoms with van der Waals surface area (Å²) in [4.78, 5) is 36.7. The van der Waals surface area contributed by atoms with Crippen LogP contribution in [-0.4, -0.2) is 28.6 Å². The fourth-order valence-corrected chi connectivity index (χ4v) is 2.42. The number of rotatable bonds is 5. The number of furan rings is 1. The van der Waals surface area contributed by atoms with Crippen LogP contribution in [0, 0.1) is 0 Å². The predicted octanol–water partition coefficient (Wildman–Crippen LogP) is 0.666. The van der Waals surface area contributed by atoms with E-state index in [-0.39, 0.29) is 18.8 Å². The van der Waals surface area contributed by atoms with Crippen molar-refractivity contribution < 1.29 is 14.0 Å². The van der Waals surface area contributed by atoms with Crippen molar-refractivity contribution >= 4 is 22.6 Å². The molecule has 0 saturated carbocycles. The maximum absolute atomic E-state index is 12.5. The fourth-order valence-electron chi connectivity index (χ4n) is 2.42. The van der Waals surface area contributed by atoms with E-state index in [9.17, 15) is 14.4 Å². The van der Waals surface area contributed by atoms with Crippen LogP contribution in [0.4, 0.5) is 0 Å². The van der Waals surface area contributed by atoms with Gasteiger partial charge in [-0.05, 0) is 18.2 Å². The average Bonchev–Trinajstić information content (AvgIpc) is 3.15. The molecule has 2 heterocycles. The van der Waals surface area contributed by atoms with Crippen LogP contribution in [0.1, 0.15) is 16.2 Å². The van der Waals surface area contributed by atoms with Gasteiger partial charge >= 0.3 is 0 Å². The molecule has 8 heteroatoms. The predicted molar refractivity (Wildman–Crippen MR) is 89.9 cm³/mol. The molecule has 2 aromatic heterocycles. The smallest absolute Gasteiger partial charge is 0.275 e. The topological polar surface area (TPSA) is 106 Å². The van der Waals surface area contributed by atoms with Crippen LogP contribution < -0.4 is 16.2 Å². The molecule has 0 radical (unpaired) electrons. The summed E-state index contributed by atoms with van der Waals surface area (Å²) in [7, 11) is 1.48. The number of amides is 2. The van der Waals surface area contributed by atoms with E-state index in [1.165, 1.54) is 13.3 Å². The van der Waals surface area contributed by atoms with Gasteiger partial charge in [0.2, 0.25) is 5.91 Å². The third kappa shape index (κ3) is 3.42. The van der Waals surface area contributed by atoms with Gasteiger partial charge in [-0.15, -0.1) is 0 Å². The van der Waals surface area contributed by atoms with E-state index in [0.717, 1.165) is 4.68 Å². The third-order valence-corrected chi connectivity index (χ3v) is 3.64. The van der Waals surface area contributed by atoms with Crippen LogP contribution in [0.2, 0.25) is 0 Å². The molecular weight excluding hydrogens is 324 g/mol. The molecule has 128 valence electrons. The molecule has 3 rings (SSSR count). The van der Waals surface area contributed by atoms with Crippen LogP contribution in [0.5, 0.6) is 0 Å². The Labute approximate surface area is 142 Å². The molecule has 3 aromatic rings. The summed E-state index contributed by atoms with van der Waals surface area (Å²) in [6.45, 7) is -0.0924. The maximum Gasteiger partial charge on any atom is 0.275 e. The van der Waals surface area contributed by atoms with Crippen molar-refractivity contribution in [1.29, 1.82) is 0 Å². The van der Waals surface area contributed by atoms with Crippen LogP contribution >= 0.6 is 0 Å². The van der Waals surface area contributed by atoms with E-state index < -0.39 is 17.4 Å². The Hall–Kier alpha value is -3.42. The molecule has 2 N–H and O–H groups in total. The largest absolute Gasteiger partial charge is 0.467 e. The molecule has 0 aliphatic heterocycles. The number of nitrogens with one attached hydrogen (secondary N) is 2. The van der Waals surface area contributed by atoms with Gasteiger partial charge in [0.15, 0.2) is 5.69 Å². The Morgan fingerprint density at radius 3 is 2.60 bits per heavy atom. The first-order chi connectivity index (χ1) is 12.1. The third-order valence-electron chi connectivity index (χ3n) is 3.64. The molecule has 0 aliphatic carbocycles. The normalized spacial score (nSPS) is 10.6. The number of benzene rings is 1. The summed E-state index contributed by atoms with van der Waals surface area (Å²) >= 11 is 0. The maximum atomic E-state index is 12.5. The van der Waals surface area contributed by atoms with Gasteiger partial charge in [0.05, 0.1) is 18.2 Å². The Kier molecular flexibility index (Phi) is 4.60. The molecule has 0 fully saturated rings. The van der Waals surface area contributed by atoms with Gasteiger partial charge in [0, 0.05) is 12.4 Å². The zero-order valence-electron chi connectivity index (χ0n) is 13.5. The number of hydrogen-bond acceptors (Lipinski definition) is 5. The van der Waals surface area contributed by atoms with Gasteiger partial charge in [-0.1, -0.05) is 18.2 Å². The van der Waals surface area contributed by atoms with Crippen molar-refractivity contribution in [3.05, 3.63) is 64.5 Å². The quantitative estimate of drug-likeness (QED) is 0.710. The summed E-state index contributed by atoms with van der Waals surface area (Å²) < 4.78 is 6.12. The number of carbonyl (C=O) groups is 2. The van der Waals surface area contributed by atoms with Crippen LogP contribution in [-0.2, 0) is 17.9 Å². The summed E-state index contributed by atoms with van der Waals surface area (Å²) in [5.41, 5.74) is -0.340. The van der Waals surface area contributed by atoms with Gasteiger partial charge in [0.1, 0.15) is 12.3 Å². The molecule has 0 unspecified atom stereocenters. The first-order valence-electron chi connectivity index (χ1n) is 7.61. The van der Waals surface area contributed by atoms with E-state index in [1.54, 1.807) is 36.4 Å². The molecule has 2 amide bonds. The molecule has 1 aromatic carbocycles. The van der Waals surface area contributed by atoms with Gasteiger partial charge in [-0.25, -0.2) is 4.68 Å². The molecule has 25 heavy (non-hydrogen) atoms. The standard InChI is InChI=1S/C17H16N4O4/c1-18-16(23)15-12-6-2-3-7-13(12)17(24)21(20-15)10-14(22)19-9-11-5-4-8-25-11/h2-8H,9-10H2,1H3,(H,18,23)(H,19,22). The highest BCUT2D eigenvalue weighted by Crippen LogP contribution is 2.13. The lowest BCUT2D eigenvalue weighted by Gasteiger charge is -2.10. The first kappa shape index (κ1) is 16.4. The molecule has 0 bridgehead atoms. The highest BCUT2D eigenvalue weighted by Gasteiger charge is 2.16. The Bertz CT molecular complexity index is 976. The minimum atomic E-state index is -0.434. The molecule has 0 saturated heterocycles. The SMILES string of the molecule is CNC(=O)c1nn(CC(=O)NCc2ccco2)c(=O)c2ccccc12. The zero-order chi connectivity index (χ0) is 17.8. The van der Waals surface area contributed by atoms with Gasteiger partial charge < -0.3 is 15.1 Å². The second-order valence-corrected chi connectivity index (χ2v) is 5.29. The van der Waals surface area contributed by atoms with Crippen molar-refractivity contribution in [1.82, 2.24) is 20.4 Å². The van der Waals surface area contributed by atoms with E-state index in [0.29, 0.717) is 16.5 Å². The van der Waals surface area contributed by atoms with Crippen LogP contribution in [0.3, 0.4) is 0 Å². The van der Waals surface area contributed by atoms with Gasteiger partial charge in [-0.3, -0.25) is 14.4 Å². The second-order valence-electron chi connectivity index (χ2n) is 5.29. The van der Waals surface area contributed by atoms with Crippen LogP contribution in [0.15, 0.2) is 51.9 Å². The molecule has 0 atom stereocenters. The van der Waals surface area contributed by atoms with Crippen molar-refractivity contribution in [3.63, 3.8) is 0 Å². The highest BCUT2D eigenvalue weighted by atomic mass is 16.3. The number of nitrogens with zero attached hydrogens (tertiary/aromatic N) is 2. The van der Waals surface area contributed by atoms with E-state index in [4.69, 9.17) is 4.42 Å². The van der Waals surface area contributed by atoms with Crippen molar-refractivity contribution in [2.75, 3.05) is 7.05 Å². The lowest BCUT2D eigenvalue weighted by atomic mass is 10.1. The van der Waals surface area contributed by atoms with Crippen molar-refractivity contribution in [2.24, 2.45) is 0 Å². The lowest BCUT2D eigenvalue weighted by Crippen LogP contribution is -2.35. The molecule has 8 nitrogen and oxygen atoms in total. The second kappa shape index (κ2) is 7.00. The minimum Gasteiger partial charge on any atom is -0.467 e. The fraction of sp³-hybridized carbons (Fsp3) is 0.176. The summed E-state index contributed by atoms with van der Waals surface area (Å²) in [6, 6.07) is 10.1. The minimum absolute atomic E-state index is 0.0940. The summed E-state index contributed by atoms with van der Waals surface area (Å²) in [5, 5.41) is 9.96. The first-order valence-corrected chi connectivity index (χ1v) is 7.61. The Morgan fingerprint density at radius 1 is 1.16 bits per heavy atom. The Morgan fingerprint density at radius 2 is 1.92 bits per heavy atom. The van der Waals surface area contributed by atoms with Crippen molar-refractivity contribution in [3.8, 4) is 0 Å². The van der Waals surface area contributed by atoms with Gasteiger partial charge in [0.25, 0.3) is 11.5 Å². The highest BCUT2D eigenvalue weighted by molar-refractivity contribution is 6.04. The van der Waals surface area contributed by atoms with E-state index in [2.05, 4.69) is 15.7 Å². The van der Waals surface area contributed by atoms with Crippen LogP contribution in [0.25, 0.3) is 10.8 Å². The Balaban J connectivity index is 1.90. The van der Waals surface area contributed by atoms with Crippen molar-refractivity contribution in [2.45, 2.75) is 13.1 Å². The zero-order valence-corrected chi connectivity index (χ0v) is 13.5. The summed E-state index contributed by atoms with van der Waals surface area (Å²) in [5.74, 6) is -0.247. The number of hydrogen-bond donors (Lipinski definition) is 2. The lowest BCUT2D eigenvalue weighted by molar-refractivity contribution is -0.122. The monoisotopic (exact) mass is 340 g/mol. The molecular formula is C17H16N4O4. The summed E-state index contributed by atoms with van der Waals surface area (Å²) in [6.07, 6.45) is 1.51.